The second-order valence-electron chi connectivity index (χ2n) is 3.87. The van der Waals surface area contributed by atoms with Gasteiger partial charge in [-0.05, 0) is 25.8 Å². The number of carbonyl (C=O) groups is 2. The maximum atomic E-state index is 11.2. The van der Waals surface area contributed by atoms with Crippen LogP contribution in [0.2, 0.25) is 0 Å². The Morgan fingerprint density at radius 1 is 1.41 bits per heavy atom. The minimum Gasteiger partial charge on any atom is -0.477 e. The molecule has 94 valence electrons. The van der Waals surface area contributed by atoms with E-state index in [1.165, 1.54) is 13.0 Å². The molecule has 0 saturated heterocycles. The maximum Gasteiger partial charge on any atom is 0.352 e. The molecule has 0 saturated carbocycles. The topological polar surface area (TPSA) is 68.5 Å². The first kappa shape index (κ1) is 13.4. The minimum absolute atomic E-state index is 0.122. The van der Waals surface area contributed by atoms with Crippen molar-refractivity contribution in [2.24, 2.45) is 0 Å². The van der Waals surface area contributed by atoms with Crippen molar-refractivity contribution < 1.29 is 19.4 Å². The number of carboxylic acid groups (broad SMARTS) is 1. The summed E-state index contributed by atoms with van der Waals surface area (Å²) >= 11 is 0. The van der Waals surface area contributed by atoms with E-state index in [4.69, 9.17) is 9.84 Å². The molecule has 0 spiro atoms. The predicted molar refractivity (Wildman–Crippen MR) is 62.5 cm³/mol. The van der Waals surface area contributed by atoms with Gasteiger partial charge < -0.3 is 14.4 Å². The first-order valence-corrected chi connectivity index (χ1v) is 5.49. The van der Waals surface area contributed by atoms with Crippen molar-refractivity contribution in [2.75, 3.05) is 13.7 Å². The van der Waals surface area contributed by atoms with E-state index in [2.05, 4.69) is 0 Å². The van der Waals surface area contributed by atoms with Crippen LogP contribution in [0.25, 0.3) is 0 Å². The van der Waals surface area contributed by atoms with Gasteiger partial charge in [-0.2, -0.15) is 0 Å². The summed E-state index contributed by atoms with van der Waals surface area (Å²) < 4.78 is 6.53. The Hall–Kier alpha value is -1.62. The number of unbranched alkanes of at least 4 members (excludes halogenated alkanes) is 1. The highest BCUT2D eigenvalue weighted by Crippen LogP contribution is 2.11. The molecular formula is C12H17NO4. The summed E-state index contributed by atoms with van der Waals surface area (Å²) in [5, 5.41) is 9.01. The largest absolute Gasteiger partial charge is 0.477 e. The van der Waals surface area contributed by atoms with E-state index >= 15 is 0 Å². The maximum absolute atomic E-state index is 11.2. The fourth-order valence-corrected chi connectivity index (χ4v) is 1.60. The van der Waals surface area contributed by atoms with Gasteiger partial charge in [0.2, 0.25) is 0 Å². The van der Waals surface area contributed by atoms with Gasteiger partial charge in [-0.3, -0.25) is 4.79 Å². The van der Waals surface area contributed by atoms with Gasteiger partial charge >= 0.3 is 5.97 Å². The molecule has 0 amide bonds. The lowest BCUT2D eigenvalue weighted by atomic mass is 10.2. The van der Waals surface area contributed by atoms with Crippen molar-refractivity contribution in [1.82, 2.24) is 4.57 Å². The third-order valence-corrected chi connectivity index (χ3v) is 2.52. The van der Waals surface area contributed by atoms with Crippen LogP contribution in [0.4, 0.5) is 0 Å². The van der Waals surface area contributed by atoms with Crippen molar-refractivity contribution in [1.29, 1.82) is 0 Å². The lowest BCUT2D eigenvalue weighted by Gasteiger charge is -2.05. The Balaban J connectivity index is 2.74. The summed E-state index contributed by atoms with van der Waals surface area (Å²) in [6, 6.07) is 1.42. The molecule has 0 unspecified atom stereocenters. The number of ketones is 1. The molecule has 0 radical (unpaired) electrons. The van der Waals surface area contributed by atoms with Crippen molar-refractivity contribution in [2.45, 2.75) is 26.3 Å². The van der Waals surface area contributed by atoms with E-state index in [0.29, 0.717) is 18.7 Å². The van der Waals surface area contributed by atoms with Crippen LogP contribution in [0.1, 0.15) is 40.6 Å². The van der Waals surface area contributed by atoms with Crippen LogP contribution in [0, 0.1) is 0 Å². The molecule has 1 N–H and O–H groups in total. The standard InChI is InChI=1S/C12H17NO4/c1-9(14)10-7-11(12(15)16)13(8-10)5-3-4-6-17-2/h7-8H,3-6H2,1-2H3,(H,15,16). The van der Waals surface area contributed by atoms with Crippen molar-refractivity contribution in [3.8, 4) is 0 Å². The first-order chi connectivity index (χ1) is 8.06. The number of aromatic carboxylic acids is 1. The first-order valence-electron chi connectivity index (χ1n) is 5.49. The average molecular weight is 239 g/mol. The Kier molecular flexibility index (Phi) is 4.90. The van der Waals surface area contributed by atoms with Crippen molar-refractivity contribution >= 4 is 11.8 Å². The quantitative estimate of drug-likeness (QED) is 0.582. The number of aromatic nitrogens is 1. The van der Waals surface area contributed by atoms with Gasteiger partial charge in [0.05, 0.1) is 0 Å². The molecule has 1 rings (SSSR count). The smallest absolute Gasteiger partial charge is 0.352 e. The van der Waals surface area contributed by atoms with E-state index in [9.17, 15) is 9.59 Å². The van der Waals surface area contributed by atoms with Crippen molar-refractivity contribution in [3.05, 3.63) is 23.5 Å². The number of carboxylic acids is 1. The Morgan fingerprint density at radius 3 is 2.65 bits per heavy atom. The molecule has 0 atom stereocenters. The van der Waals surface area contributed by atoms with E-state index in [1.807, 2.05) is 0 Å². The number of ether oxygens (including phenoxy) is 1. The number of Topliss-reactive ketones (excluding diaryl/α,β-unsaturated/α-hetero) is 1. The zero-order valence-corrected chi connectivity index (χ0v) is 10.1. The number of methoxy groups -OCH3 is 1. The lowest BCUT2D eigenvalue weighted by molar-refractivity contribution is 0.0684. The normalized spacial score (nSPS) is 10.5. The van der Waals surface area contributed by atoms with Gasteiger partial charge in [0.25, 0.3) is 0 Å². The van der Waals surface area contributed by atoms with Crippen LogP contribution in [0.3, 0.4) is 0 Å². The second kappa shape index (κ2) is 6.20. The average Bonchev–Trinajstić information content (AvgIpc) is 2.68. The third-order valence-electron chi connectivity index (χ3n) is 2.52. The molecule has 0 bridgehead atoms. The molecule has 1 aromatic rings. The van der Waals surface area contributed by atoms with Gasteiger partial charge in [-0.25, -0.2) is 4.79 Å². The number of carbonyl (C=O) groups excluding carboxylic acids is 1. The fraction of sp³-hybridized carbons (Fsp3) is 0.500. The summed E-state index contributed by atoms with van der Waals surface area (Å²) in [6.45, 7) is 2.66. The molecule has 0 aliphatic rings. The van der Waals surface area contributed by atoms with Crippen LogP contribution in [0.15, 0.2) is 12.3 Å². The highest BCUT2D eigenvalue weighted by molar-refractivity contribution is 5.97. The van der Waals surface area contributed by atoms with Gasteiger partial charge in [-0.15, -0.1) is 0 Å². The molecular weight excluding hydrogens is 222 g/mol. The van der Waals surface area contributed by atoms with Crippen LogP contribution < -0.4 is 0 Å². The highest BCUT2D eigenvalue weighted by Gasteiger charge is 2.14. The van der Waals surface area contributed by atoms with Crippen molar-refractivity contribution in [3.63, 3.8) is 0 Å². The lowest BCUT2D eigenvalue weighted by Crippen LogP contribution is -2.08. The fourth-order valence-electron chi connectivity index (χ4n) is 1.60. The highest BCUT2D eigenvalue weighted by atomic mass is 16.5. The van der Waals surface area contributed by atoms with E-state index < -0.39 is 5.97 Å². The number of hydrogen-bond acceptors (Lipinski definition) is 3. The zero-order valence-electron chi connectivity index (χ0n) is 10.1. The van der Waals surface area contributed by atoms with E-state index in [1.54, 1.807) is 17.9 Å². The number of rotatable bonds is 7. The molecule has 0 aromatic carbocycles. The summed E-state index contributed by atoms with van der Waals surface area (Å²) in [6.07, 6.45) is 3.28. The summed E-state index contributed by atoms with van der Waals surface area (Å²) in [5.74, 6) is -1.13. The molecule has 0 aliphatic heterocycles. The molecule has 0 fully saturated rings. The Morgan fingerprint density at radius 2 is 2.12 bits per heavy atom. The van der Waals surface area contributed by atoms with E-state index in [-0.39, 0.29) is 11.5 Å². The number of aryl methyl sites for hydroxylation is 1. The van der Waals surface area contributed by atoms with Crippen LogP contribution in [-0.4, -0.2) is 35.1 Å². The second-order valence-corrected chi connectivity index (χ2v) is 3.87. The summed E-state index contributed by atoms with van der Waals surface area (Å²) in [5.41, 5.74) is 0.599. The molecule has 1 heterocycles. The Labute approximate surface area is 100 Å². The molecule has 1 aromatic heterocycles. The molecule has 5 nitrogen and oxygen atoms in total. The molecule has 0 aliphatic carbocycles. The molecule has 5 heteroatoms. The van der Waals surface area contributed by atoms with Gasteiger partial charge in [-0.1, -0.05) is 0 Å². The summed E-state index contributed by atoms with van der Waals surface area (Å²) in [7, 11) is 1.63. The number of hydrogen-bond donors (Lipinski definition) is 1. The van der Waals surface area contributed by atoms with E-state index in [0.717, 1.165) is 12.8 Å². The van der Waals surface area contributed by atoms with Gasteiger partial charge in [0.15, 0.2) is 5.78 Å². The minimum atomic E-state index is -1.01. The SMILES string of the molecule is COCCCCn1cc(C(C)=O)cc1C(=O)O. The predicted octanol–water partition coefficient (Wildman–Crippen LogP) is 1.82. The van der Waals surface area contributed by atoms with Gasteiger partial charge in [0, 0.05) is 32.0 Å². The number of nitrogens with zero attached hydrogens (tertiary/aromatic N) is 1. The van der Waals surface area contributed by atoms with Crippen LogP contribution >= 0.6 is 0 Å². The molecule has 17 heavy (non-hydrogen) atoms. The Bertz CT molecular complexity index is 409. The zero-order chi connectivity index (χ0) is 12.8. The monoisotopic (exact) mass is 239 g/mol. The van der Waals surface area contributed by atoms with Crippen LogP contribution in [0.5, 0.6) is 0 Å². The summed E-state index contributed by atoms with van der Waals surface area (Å²) in [4.78, 5) is 22.2. The van der Waals surface area contributed by atoms with Gasteiger partial charge in [0.1, 0.15) is 5.69 Å². The van der Waals surface area contributed by atoms with Crippen LogP contribution in [-0.2, 0) is 11.3 Å². The third kappa shape index (κ3) is 3.71.